The summed E-state index contributed by atoms with van der Waals surface area (Å²) in [5, 5.41) is 0. The van der Waals surface area contributed by atoms with Crippen molar-refractivity contribution in [1.29, 1.82) is 0 Å². The predicted octanol–water partition coefficient (Wildman–Crippen LogP) is 6.82. The SMILES string of the molecule is COC(C)(CC(F)(F)C(F)(F)C(F)(F)C(F)(F)C(F)(F)C(F)(F)F)c1cccc(F)c1. The fraction of sp³-hybridized carbons (Fsp3) is 0.625. The molecule has 0 spiro atoms. The van der Waals surface area contributed by atoms with Gasteiger partial charge in [0.15, 0.2) is 0 Å². The largest absolute Gasteiger partial charge is 0.460 e. The molecule has 180 valence electrons. The molecule has 0 radical (unpaired) electrons. The average molecular weight is 486 g/mol. The summed E-state index contributed by atoms with van der Waals surface area (Å²) < 4.78 is 189. The van der Waals surface area contributed by atoms with Gasteiger partial charge in [0, 0.05) is 7.11 Å². The van der Waals surface area contributed by atoms with Gasteiger partial charge in [-0.25, -0.2) is 4.39 Å². The first-order valence-corrected chi connectivity index (χ1v) is 7.79. The summed E-state index contributed by atoms with van der Waals surface area (Å²) in [4.78, 5) is 0. The minimum Gasteiger partial charge on any atom is -0.374 e. The summed E-state index contributed by atoms with van der Waals surface area (Å²) in [5.74, 6) is -38.6. The first-order chi connectivity index (χ1) is 13.5. The normalized spacial score (nSPS) is 16.9. The smallest absolute Gasteiger partial charge is 0.374 e. The fourth-order valence-electron chi connectivity index (χ4n) is 2.45. The van der Waals surface area contributed by atoms with Crippen molar-refractivity contribution in [3.05, 3.63) is 35.6 Å². The Bertz CT molecular complexity index is 785. The Morgan fingerprint density at radius 2 is 1.16 bits per heavy atom. The summed E-state index contributed by atoms with van der Waals surface area (Å²) in [6, 6.07) is 2.83. The fourth-order valence-corrected chi connectivity index (χ4v) is 2.45. The van der Waals surface area contributed by atoms with Gasteiger partial charge in [-0.05, 0) is 24.6 Å². The maximum Gasteiger partial charge on any atom is 0.460 e. The molecule has 31 heavy (non-hydrogen) atoms. The van der Waals surface area contributed by atoms with E-state index in [0.717, 1.165) is 18.2 Å². The number of ether oxygens (including phenoxy) is 1. The molecule has 0 fully saturated rings. The molecule has 0 aliphatic heterocycles. The summed E-state index contributed by atoms with van der Waals surface area (Å²) in [6.45, 7) is 0.520. The third-order valence-electron chi connectivity index (χ3n) is 4.44. The molecule has 1 unspecified atom stereocenters. The van der Waals surface area contributed by atoms with E-state index in [9.17, 15) is 61.5 Å². The van der Waals surface area contributed by atoms with E-state index in [1.165, 1.54) is 0 Å². The lowest BCUT2D eigenvalue weighted by Gasteiger charge is -2.42. The number of benzene rings is 1. The van der Waals surface area contributed by atoms with Crippen LogP contribution in [-0.4, -0.2) is 42.9 Å². The second-order valence-corrected chi connectivity index (χ2v) is 6.62. The van der Waals surface area contributed by atoms with E-state index in [-0.39, 0.29) is 0 Å². The van der Waals surface area contributed by atoms with Gasteiger partial charge in [-0.2, -0.15) is 57.1 Å². The molecule has 0 saturated heterocycles. The Morgan fingerprint density at radius 3 is 1.55 bits per heavy atom. The number of halogens is 14. The molecule has 0 N–H and O–H groups in total. The Kier molecular flexibility index (Phi) is 6.73. The van der Waals surface area contributed by atoms with Gasteiger partial charge in [-0.3, -0.25) is 0 Å². The van der Waals surface area contributed by atoms with Gasteiger partial charge < -0.3 is 4.74 Å². The highest BCUT2D eigenvalue weighted by Gasteiger charge is 2.90. The van der Waals surface area contributed by atoms with Gasteiger partial charge in [-0.1, -0.05) is 12.1 Å². The number of hydrogen-bond acceptors (Lipinski definition) is 1. The number of hydrogen-bond donors (Lipinski definition) is 0. The summed E-state index contributed by atoms with van der Waals surface area (Å²) in [5.41, 5.74) is -3.46. The highest BCUT2D eigenvalue weighted by Crippen LogP contribution is 2.61. The third kappa shape index (κ3) is 4.16. The van der Waals surface area contributed by atoms with Crippen LogP contribution in [0.2, 0.25) is 0 Å². The van der Waals surface area contributed by atoms with Crippen LogP contribution in [0, 0.1) is 5.82 Å². The lowest BCUT2D eigenvalue weighted by atomic mass is 9.84. The lowest BCUT2D eigenvalue weighted by Crippen LogP contribution is -2.70. The van der Waals surface area contributed by atoms with Crippen molar-refractivity contribution in [2.24, 2.45) is 0 Å². The quantitative estimate of drug-likeness (QED) is 0.367. The second kappa shape index (κ2) is 7.66. The van der Waals surface area contributed by atoms with Crippen LogP contribution in [0.5, 0.6) is 0 Å². The maximum absolute atomic E-state index is 14.1. The molecule has 0 heterocycles. The van der Waals surface area contributed by atoms with Crippen LogP contribution >= 0.6 is 0 Å². The molecule has 0 aliphatic carbocycles. The van der Waals surface area contributed by atoms with Crippen molar-refractivity contribution < 1.29 is 66.2 Å². The Morgan fingerprint density at radius 1 is 0.710 bits per heavy atom. The predicted molar refractivity (Wildman–Crippen MR) is 76.2 cm³/mol. The van der Waals surface area contributed by atoms with Crippen molar-refractivity contribution >= 4 is 0 Å². The van der Waals surface area contributed by atoms with Gasteiger partial charge in [0.05, 0.1) is 12.0 Å². The van der Waals surface area contributed by atoms with E-state index >= 15 is 0 Å². The highest BCUT2D eigenvalue weighted by molar-refractivity contribution is 5.24. The maximum atomic E-state index is 14.1. The van der Waals surface area contributed by atoms with Crippen LogP contribution in [-0.2, 0) is 10.3 Å². The molecule has 1 rings (SSSR count). The number of rotatable bonds is 8. The molecule has 1 nitrogen and oxygen atoms in total. The summed E-state index contributed by atoms with van der Waals surface area (Å²) >= 11 is 0. The molecule has 15 heteroatoms. The standard InChI is InChI=1S/C16H12F14O/c1-10(31-2,8-4-3-5-9(17)6-8)7-11(18,19)12(20,21)13(22,23)14(24,25)15(26,27)16(28,29)30/h3-6H,7H2,1-2H3. The van der Waals surface area contributed by atoms with Gasteiger partial charge in [0.2, 0.25) is 0 Å². The monoisotopic (exact) mass is 486 g/mol. The van der Waals surface area contributed by atoms with Gasteiger partial charge in [0.1, 0.15) is 5.82 Å². The molecule has 0 amide bonds. The van der Waals surface area contributed by atoms with Crippen molar-refractivity contribution in [2.45, 2.75) is 54.7 Å². The first-order valence-electron chi connectivity index (χ1n) is 7.79. The molecule has 1 aromatic rings. The zero-order valence-corrected chi connectivity index (χ0v) is 15.2. The Balaban J connectivity index is 3.52. The highest BCUT2D eigenvalue weighted by atomic mass is 19.4. The van der Waals surface area contributed by atoms with Crippen molar-refractivity contribution in [2.75, 3.05) is 7.11 Å². The molecule has 1 aromatic carbocycles. The topological polar surface area (TPSA) is 9.23 Å². The molecule has 0 bridgehead atoms. The Hall–Kier alpha value is -1.80. The van der Waals surface area contributed by atoms with Crippen LogP contribution in [0.1, 0.15) is 18.9 Å². The van der Waals surface area contributed by atoms with E-state index < -0.39 is 59.2 Å². The average Bonchev–Trinajstić information content (AvgIpc) is 2.59. The minimum absolute atomic E-state index is 0.433. The summed E-state index contributed by atoms with van der Waals surface area (Å²) in [6.07, 6.45) is -10.1. The number of methoxy groups -OCH3 is 1. The van der Waals surface area contributed by atoms with Crippen LogP contribution < -0.4 is 0 Å². The third-order valence-corrected chi connectivity index (χ3v) is 4.44. The molecule has 0 aromatic heterocycles. The van der Waals surface area contributed by atoms with Crippen LogP contribution in [0.15, 0.2) is 24.3 Å². The molecule has 0 saturated carbocycles. The van der Waals surface area contributed by atoms with Crippen molar-refractivity contribution in [3.63, 3.8) is 0 Å². The van der Waals surface area contributed by atoms with E-state index in [4.69, 9.17) is 0 Å². The zero-order chi connectivity index (χ0) is 24.9. The van der Waals surface area contributed by atoms with Gasteiger partial charge in [0.25, 0.3) is 0 Å². The Labute approximate surface area is 165 Å². The van der Waals surface area contributed by atoms with E-state index in [1.807, 2.05) is 0 Å². The van der Waals surface area contributed by atoms with Crippen molar-refractivity contribution in [1.82, 2.24) is 0 Å². The first kappa shape index (κ1) is 27.2. The number of alkyl halides is 13. The van der Waals surface area contributed by atoms with Crippen LogP contribution in [0.3, 0.4) is 0 Å². The second-order valence-electron chi connectivity index (χ2n) is 6.62. The zero-order valence-electron chi connectivity index (χ0n) is 15.2. The van der Waals surface area contributed by atoms with Gasteiger partial charge >= 0.3 is 35.8 Å². The molecular weight excluding hydrogens is 474 g/mol. The summed E-state index contributed by atoms with van der Waals surface area (Å²) in [7, 11) is 0.559. The van der Waals surface area contributed by atoms with E-state index in [0.29, 0.717) is 20.1 Å². The molecule has 1 atom stereocenters. The van der Waals surface area contributed by atoms with Crippen LogP contribution in [0.4, 0.5) is 61.5 Å². The van der Waals surface area contributed by atoms with Gasteiger partial charge in [-0.15, -0.1) is 0 Å². The van der Waals surface area contributed by atoms with Crippen molar-refractivity contribution in [3.8, 4) is 0 Å². The van der Waals surface area contributed by atoms with Crippen LogP contribution in [0.25, 0.3) is 0 Å². The van der Waals surface area contributed by atoms with E-state index in [2.05, 4.69) is 4.74 Å². The molecular formula is C16H12F14O. The van der Waals surface area contributed by atoms with E-state index in [1.54, 1.807) is 0 Å². The minimum atomic E-state index is -7.98. The molecule has 0 aliphatic rings. The lowest BCUT2D eigenvalue weighted by molar-refractivity contribution is -0.441.